The number of carboxylic acids is 1. The number of nitrogens with zero attached hydrogens (tertiary/aromatic N) is 4. The van der Waals surface area contributed by atoms with Crippen LogP contribution in [-0.4, -0.2) is 25.8 Å². The van der Waals surface area contributed by atoms with E-state index in [1.807, 2.05) is 6.07 Å². The average Bonchev–Trinajstić information content (AvgIpc) is 2.79. The minimum Gasteiger partial charge on any atom is -0.478 e. The molecular weight excluding hydrogens is 232 g/mol. The largest absolute Gasteiger partial charge is 0.478 e. The van der Waals surface area contributed by atoms with Crippen LogP contribution in [0.1, 0.15) is 27.3 Å². The van der Waals surface area contributed by atoms with Crippen LogP contribution >= 0.6 is 0 Å². The molecular formula is C12H10N4O2. The molecule has 1 N–H and O–H groups in total. The molecule has 2 heterocycles. The van der Waals surface area contributed by atoms with Crippen molar-refractivity contribution in [1.29, 1.82) is 5.26 Å². The highest BCUT2D eigenvalue weighted by Crippen LogP contribution is 2.19. The second-order valence-corrected chi connectivity index (χ2v) is 3.79. The van der Waals surface area contributed by atoms with Gasteiger partial charge in [0.25, 0.3) is 0 Å². The Labute approximate surface area is 103 Å². The molecule has 18 heavy (non-hydrogen) atoms. The quantitative estimate of drug-likeness (QED) is 0.860. The summed E-state index contributed by atoms with van der Waals surface area (Å²) in [6.45, 7) is 3.37. The molecule has 0 saturated heterocycles. The van der Waals surface area contributed by atoms with Crippen LogP contribution in [0.15, 0.2) is 18.3 Å². The maximum atomic E-state index is 11.3. The second kappa shape index (κ2) is 4.30. The molecule has 0 aliphatic carbocycles. The second-order valence-electron chi connectivity index (χ2n) is 3.79. The molecule has 0 bridgehead atoms. The summed E-state index contributed by atoms with van der Waals surface area (Å²) in [5.41, 5.74) is 1.48. The zero-order chi connectivity index (χ0) is 13.3. The van der Waals surface area contributed by atoms with Gasteiger partial charge < -0.3 is 5.11 Å². The third-order valence-electron chi connectivity index (χ3n) is 2.74. The van der Waals surface area contributed by atoms with Crippen LogP contribution in [0, 0.1) is 25.2 Å². The number of rotatable bonds is 2. The maximum absolute atomic E-state index is 11.3. The lowest BCUT2D eigenvalue weighted by molar-refractivity contribution is 0.0695. The van der Waals surface area contributed by atoms with Crippen molar-refractivity contribution in [2.24, 2.45) is 0 Å². The third-order valence-corrected chi connectivity index (χ3v) is 2.74. The molecule has 0 saturated carbocycles. The Morgan fingerprint density at radius 3 is 2.78 bits per heavy atom. The number of aryl methyl sites for hydroxylation is 1. The predicted molar refractivity (Wildman–Crippen MR) is 62.5 cm³/mol. The Balaban J connectivity index is 2.77. The van der Waals surface area contributed by atoms with Gasteiger partial charge in [0.05, 0.1) is 5.69 Å². The van der Waals surface area contributed by atoms with Crippen molar-refractivity contribution in [1.82, 2.24) is 14.8 Å². The third kappa shape index (κ3) is 1.72. The van der Waals surface area contributed by atoms with Crippen LogP contribution < -0.4 is 0 Å². The summed E-state index contributed by atoms with van der Waals surface area (Å²) < 4.78 is 1.42. The summed E-state index contributed by atoms with van der Waals surface area (Å²) in [6.07, 6.45) is 1.59. The van der Waals surface area contributed by atoms with Gasteiger partial charge >= 0.3 is 5.97 Å². The zero-order valence-corrected chi connectivity index (χ0v) is 9.88. The number of carbonyl (C=O) groups is 1. The topological polar surface area (TPSA) is 91.8 Å². The van der Waals surface area contributed by atoms with Gasteiger partial charge in [-0.05, 0) is 31.5 Å². The molecule has 0 aromatic carbocycles. The first-order chi connectivity index (χ1) is 8.56. The summed E-state index contributed by atoms with van der Waals surface area (Å²) in [6, 6.07) is 5.22. The lowest BCUT2D eigenvalue weighted by atomic mass is 10.1. The average molecular weight is 242 g/mol. The number of aromatic nitrogens is 3. The van der Waals surface area contributed by atoms with Gasteiger partial charge in [-0.15, -0.1) is 5.10 Å². The van der Waals surface area contributed by atoms with Crippen LogP contribution in [-0.2, 0) is 0 Å². The van der Waals surface area contributed by atoms with E-state index in [0.29, 0.717) is 17.0 Å². The highest BCUT2D eigenvalue weighted by molar-refractivity contribution is 5.93. The summed E-state index contributed by atoms with van der Waals surface area (Å²) in [5, 5.41) is 26.0. The van der Waals surface area contributed by atoms with E-state index < -0.39 is 5.97 Å². The van der Waals surface area contributed by atoms with Crippen molar-refractivity contribution in [3.05, 3.63) is 40.8 Å². The molecule has 0 aliphatic heterocycles. The fraction of sp³-hybridized carbons (Fsp3) is 0.167. The predicted octanol–water partition coefficient (Wildman–Crippen LogP) is 1.45. The Morgan fingerprint density at radius 1 is 1.44 bits per heavy atom. The van der Waals surface area contributed by atoms with E-state index in [1.165, 1.54) is 4.57 Å². The summed E-state index contributed by atoms with van der Waals surface area (Å²) >= 11 is 0. The van der Waals surface area contributed by atoms with E-state index in [9.17, 15) is 9.90 Å². The minimum atomic E-state index is -1.09. The normalized spacial score (nSPS) is 10.1. The number of hydrogen-bond acceptors (Lipinski definition) is 4. The zero-order valence-electron chi connectivity index (χ0n) is 9.88. The van der Waals surface area contributed by atoms with E-state index in [0.717, 1.165) is 0 Å². The first-order valence-corrected chi connectivity index (χ1v) is 5.21. The van der Waals surface area contributed by atoms with Crippen molar-refractivity contribution < 1.29 is 9.90 Å². The Bertz CT molecular complexity index is 667. The monoisotopic (exact) mass is 242 g/mol. The molecule has 2 aromatic rings. The Kier molecular flexibility index (Phi) is 2.81. The lowest BCUT2D eigenvalue weighted by Gasteiger charge is -2.10. The summed E-state index contributed by atoms with van der Waals surface area (Å²) in [4.78, 5) is 11.3. The molecule has 0 radical (unpaired) electrons. The minimum absolute atomic E-state index is 0.0650. The summed E-state index contributed by atoms with van der Waals surface area (Å²) in [5.74, 6) is -0.926. The molecule has 6 heteroatoms. The highest BCUT2D eigenvalue weighted by Gasteiger charge is 2.20. The van der Waals surface area contributed by atoms with E-state index in [4.69, 9.17) is 5.26 Å². The van der Waals surface area contributed by atoms with Gasteiger partial charge in [0.2, 0.25) is 0 Å². The molecule has 0 amide bonds. The van der Waals surface area contributed by atoms with E-state index in [1.54, 1.807) is 32.2 Å². The fourth-order valence-corrected chi connectivity index (χ4v) is 1.68. The molecule has 2 aromatic heterocycles. The lowest BCUT2D eigenvalue weighted by Crippen LogP contribution is -2.13. The molecule has 0 spiro atoms. The van der Waals surface area contributed by atoms with Crippen LogP contribution in [0.3, 0.4) is 0 Å². The SMILES string of the molecule is Cc1nnc(-n2cccc2C#N)c(C(=O)O)c1C. The number of nitriles is 1. The number of carboxylic acid groups (broad SMARTS) is 1. The van der Waals surface area contributed by atoms with Crippen LogP contribution in [0.4, 0.5) is 0 Å². The van der Waals surface area contributed by atoms with Crippen LogP contribution in [0.25, 0.3) is 5.82 Å². The first kappa shape index (κ1) is 11.8. The fourth-order valence-electron chi connectivity index (χ4n) is 1.68. The Morgan fingerprint density at radius 2 is 2.17 bits per heavy atom. The molecule has 0 fully saturated rings. The molecule has 0 unspecified atom stereocenters. The van der Waals surface area contributed by atoms with Crippen molar-refractivity contribution in [3.8, 4) is 11.9 Å². The number of aromatic carboxylic acids is 1. The van der Waals surface area contributed by atoms with E-state index in [-0.39, 0.29) is 11.4 Å². The van der Waals surface area contributed by atoms with Gasteiger partial charge in [-0.25, -0.2) is 4.79 Å². The number of hydrogen-bond donors (Lipinski definition) is 1. The van der Waals surface area contributed by atoms with Crippen LogP contribution in [0.2, 0.25) is 0 Å². The van der Waals surface area contributed by atoms with Gasteiger partial charge in [-0.3, -0.25) is 4.57 Å². The van der Waals surface area contributed by atoms with Gasteiger partial charge in [-0.1, -0.05) is 0 Å². The van der Waals surface area contributed by atoms with Gasteiger partial charge in [0, 0.05) is 6.20 Å². The molecule has 0 aliphatic rings. The standard InChI is InChI=1S/C12H10N4O2/c1-7-8(2)14-15-11(10(7)12(17)18)16-5-3-4-9(16)6-13/h3-5H,1-2H3,(H,17,18). The molecule has 2 rings (SSSR count). The Hall–Kier alpha value is -2.68. The maximum Gasteiger partial charge on any atom is 0.339 e. The molecule has 6 nitrogen and oxygen atoms in total. The smallest absolute Gasteiger partial charge is 0.339 e. The molecule has 90 valence electrons. The van der Waals surface area contributed by atoms with Crippen molar-refractivity contribution >= 4 is 5.97 Å². The van der Waals surface area contributed by atoms with Gasteiger partial charge in [-0.2, -0.15) is 10.4 Å². The van der Waals surface area contributed by atoms with Gasteiger partial charge in [0.15, 0.2) is 5.82 Å². The van der Waals surface area contributed by atoms with Crippen molar-refractivity contribution in [2.45, 2.75) is 13.8 Å². The van der Waals surface area contributed by atoms with Gasteiger partial charge in [0.1, 0.15) is 17.3 Å². The van der Waals surface area contributed by atoms with Crippen molar-refractivity contribution in [3.63, 3.8) is 0 Å². The summed E-state index contributed by atoms with van der Waals surface area (Å²) in [7, 11) is 0. The van der Waals surface area contributed by atoms with E-state index >= 15 is 0 Å². The highest BCUT2D eigenvalue weighted by atomic mass is 16.4. The van der Waals surface area contributed by atoms with Crippen LogP contribution in [0.5, 0.6) is 0 Å². The van der Waals surface area contributed by atoms with Crippen molar-refractivity contribution in [2.75, 3.05) is 0 Å². The van der Waals surface area contributed by atoms with E-state index in [2.05, 4.69) is 10.2 Å². The first-order valence-electron chi connectivity index (χ1n) is 5.21. The molecule has 0 atom stereocenters.